The van der Waals surface area contributed by atoms with Gasteiger partial charge in [-0.05, 0) is 50.6 Å². The van der Waals surface area contributed by atoms with E-state index < -0.39 is 0 Å². The highest BCUT2D eigenvalue weighted by atomic mass is 79.9. The summed E-state index contributed by atoms with van der Waals surface area (Å²) in [5.41, 5.74) is 3.02. The third-order valence-corrected chi connectivity index (χ3v) is 4.22. The van der Waals surface area contributed by atoms with Crippen molar-refractivity contribution in [1.82, 2.24) is 5.32 Å². The fourth-order valence-electron chi connectivity index (χ4n) is 2.01. The van der Waals surface area contributed by atoms with Gasteiger partial charge in [-0.2, -0.15) is 0 Å². The summed E-state index contributed by atoms with van der Waals surface area (Å²) in [7, 11) is 2.03. The minimum atomic E-state index is 0.510. The van der Waals surface area contributed by atoms with Crippen LogP contribution in [0.1, 0.15) is 18.4 Å². The smallest absolute Gasteiger partial charge is 0.0343 e. The molecule has 1 saturated carbocycles. The zero-order valence-electron chi connectivity index (χ0n) is 9.94. The molecule has 0 atom stereocenters. The highest BCUT2D eigenvalue weighted by molar-refractivity contribution is 9.10. The number of anilines is 1. The summed E-state index contributed by atoms with van der Waals surface area (Å²) in [5.74, 6) is 0. The van der Waals surface area contributed by atoms with Gasteiger partial charge in [-0.25, -0.2) is 0 Å². The molecule has 0 aliphatic heterocycles. The van der Waals surface area contributed by atoms with Gasteiger partial charge in [0.1, 0.15) is 0 Å². The first-order valence-corrected chi connectivity index (χ1v) is 6.59. The molecule has 0 bridgehead atoms. The fourth-order valence-corrected chi connectivity index (χ4v) is 2.26. The van der Waals surface area contributed by atoms with Crippen molar-refractivity contribution in [2.24, 2.45) is 5.41 Å². The van der Waals surface area contributed by atoms with E-state index >= 15 is 0 Å². The summed E-state index contributed by atoms with van der Waals surface area (Å²) in [6, 6.07) is 6.43. The molecule has 0 saturated heterocycles. The van der Waals surface area contributed by atoms with Crippen LogP contribution in [0.25, 0.3) is 0 Å². The van der Waals surface area contributed by atoms with Crippen molar-refractivity contribution < 1.29 is 0 Å². The Morgan fingerprint density at radius 3 is 2.62 bits per heavy atom. The lowest BCUT2D eigenvalue weighted by Crippen LogP contribution is -2.26. The van der Waals surface area contributed by atoms with E-state index in [0.29, 0.717) is 5.41 Å². The minimum absolute atomic E-state index is 0.510. The van der Waals surface area contributed by atoms with E-state index in [1.807, 2.05) is 7.05 Å². The highest BCUT2D eigenvalue weighted by Crippen LogP contribution is 2.44. The Kier molecular flexibility index (Phi) is 3.55. The number of benzene rings is 1. The molecule has 1 aliphatic rings. The van der Waals surface area contributed by atoms with Gasteiger partial charge in [-0.15, -0.1) is 0 Å². The number of rotatable bonds is 5. The lowest BCUT2D eigenvalue weighted by molar-refractivity contribution is 0.507. The highest BCUT2D eigenvalue weighted by Gasteiger charge is 2.41. The molecular weight excluding hydrogens is 264 g/mol. The molecule has 0 unspecified atom stereocenters. The van der Waals surface area contributed by atoms with Gasteiger partial charge in [0.15, 0.2) is 0 Å². The second kappa shape index (κ2) is 4.76. The van der Waals surface area contributed by atoms with Crippen molar-refractivity contribution in [2.45, 2.75) is 19.8 Å². The van der Waals surface area contributed by atoms with Gasteiger partial charge < -0.3 is 10.6 Å². The number of halogens is 1. The van der Waals surface area contributed by atoms with Gasteiger partial charge in [0.05, 0.1) is 0 Å². The molecule has 88 valence electrons. The molecule has 0 heterocycles. The third kappa shape index (κ3) is 2.77. The van der Waals surface area contributed by atoms with Crippen molar-refractivity contribution in [1.29, 1.82) is 0 Å². The lowest BCUT2D eigenvalue weighted by atomic mass is 10.1. The van der Waals surface area contributed by atoms with Crippen LogP contribution in [0, 0.1) is 12.3 Å². The van der Waals surface area contributed by atoms with Gasteiger partial charge >= 0.3 is 0 Å². The predicted molar refractivity (Wildman–Crippen MR) is 73.0 cm³/mol. The molecule has 1 aromatic carbocycles. The van der Waals surface area contributed by atoms with Crippen molar-refractivity contribution in [2.75, 3.05) is 25.5 Å². The first kappa shape index (κ1) is 11.9. The Labute approximate surface area is 106 Å². The van der Waals surface area contributed by atoms with Gasteiger partial charge in [0.2, 0.25) is 0 Å². The number of aryl methyl sites for hydroxylation is 1. The van der Waals surface area contributed by atoms with E-state index in [0.717, 1.165) is 13.1 Å². The largest absolute Gasteiger partial charge is 0.384 e. The van der Waals surface area contributed by atoms with E-state index in [-0.39, 0.29) is 0 Å². The van der Waals surface area contributed by atoms with Crippen LogP contribution >= 0.6 is 15.9 Å². The van der Waals surface area contributed by atoms with Gasteiger partial charge in [-0.1, -0.05) is 15.9 Å². The quantitative estimate of drug-likeness (QED) is 0.867. The molecular formula is C13H19BrN2. The van der Waals surface area contributed by atoms with Crippen LogP contribution in [0.3, 0.4) is 0 Å². The molecule has 0 aromatic heterocycles. The topological polar surface area (TPSA) is 24.1 Å². The first-order chi connectivity index (χ1) is 7.65. The average molecular weight is 283 g/mol. The monoisotopic (exact) mass is 282 g/mol. The predicted octanol–water partition coefficient (Wildman–Crippen LogP) is 3.17. The van der Waals surface area contributed by atoms with Crippen LogP contribution in [0.4, 0.5) is 5.69 Å². The maximum absolute atomic E-state index is 3.54. The summed E-state index contributed by atoms with van der Waals surface area (Å²) in [5, 5.41) is 6.82. The van der Waals surface area contributed by atoms with Crippen LogP contribution in [0.5, 0.6) is 0 Å². The average Bonchev–Trinajstić information content (AvgIpc) is 3.01. The van der Waals surface area contributed by atoms with E-state index in [2.05, 4.69) is 51.7 Å². The Hall–Kier alpha value is -0.540. The SMILES string of the molecule is CNCC1(CNc2ccc(Br)c(C)c2)CC1. The molecule has 1 fully saturated rings. The number of nitrogens with one attached hydrogen (secondary N) is 2. The number of hydrogen-bond donors (Lipinski definition) is 2. The summed E-state index contributed by atoms with van der Waals surface area (Å²) >= 11 is 3.52. The molecule has 2 nitrogen and oxygen atoms in total. The maximum atomic E-state index is 3.54. The molecule has 0 radical (unpaired) electrons. The first-order valence-electron chi connectivity index (χ1n) is 5.80. The van der Waals surface area contributed by atoms with Gasteiger partial charge in [0, 0.05) is 28.7 Å². The van der Waals surface area contributed by atoms with Gasteiger partial charge in [0.25, 0.3) is 0 Å². The molecule has 2 N–H and O–H groups in total. The van der Waals surface area contributed by atoms with Crippen molar-refractivity contribution in [3.05, 3.63) is 28.2 Å². The van der Waals surface area contributed by atoms with E-state index in [1.165, 1.54) is 28.6 Å². The van der Waals surface area contributed by atoms with Crippen LogP contribution in [0.2, 0.25) is 0 Å². The minimum Gasteiger partial charge on any atom is -0.384 e. The molecule has 0 amide bonds. The van der Waals surface area contributed by atoms with Crippen molar-refractivity contribution in [3.8, 4) is 0 Å². The Morgan fingerprint density at radius 2 is 2.06 bits per heavy atom. The molecule has 3 heteroatoms. The van der Waals surface area contributed by atoms with Crippen molar-refractivity contribution >= 4 is 21.6 Å². The fraction of sp³-hybridized carbons (Fsp3) is 0.538. The summed E-state index contributed by atoms with van der Waals surface area (Å²) in [6.45, 7) is 4.32. The Bertz CT molecular complexity index is 372. The second-order valence-electron chi connectivity index (χ2n) is 4.85. The lowest BCUT2D eigenvalue weighted by Gasteiger charge is -2.16. The normalized spacial score (nSPS) is 17.2. The Morgan fingerprint density at radius 1 is 1.31 bits per heavy atom. The third-order valence-electron chi connectivity index (χ3n) is 3.33. The molecule has 1 aromatic rings. The molecule has 0 spiro atoms. The van der Waals surface area contributed by atoms with Crippen LogP contribution in [-0.4, -0.2) is 20.1 Å². The van der Waals surface area contributed by atoms with Gasteiger partial charge in [-0.3, -0.25) is 0 Å². The summed E-state index contributed by atoms with van der Waals surface area (Å²) in [6.07, 6.45) is 2.69. The molecule has 1 aliphatic carbocycles. The summed E-state index contributed by atoms with van der Waals surface area (Å²) in [4.78, 5) is 0. The standard InChI is InChI=1S/C13H19BrN2/c1-10-7-11(3-4-12(10)14)16-9-13(5-6-13)8-15-2/h3-4,7,15-16H,5-6,8-9H2,1-2H3. The molecule has 2 rings (SSSR count). The van der Waals surface area contributed by atoms with E-state index in [9.17, 15) is 0 Å². The van der Waals surface area contributed by atoms with Crippen LogP contribution in [-0.2, 0) is 0 Å². The number of hydrogen-bond acceptors (Lipinski definition) is 2. The van der Waals surface area contributed by atoms with E-state index in [4.69, 9.17) is 0 Å². The summed E-state index contributed by atoms with van der Waals surface area (Å²) < 4.78 is 1.18. The second-order valence-corrected chi connectivity index (χ2v) is 5.70. The Balaban J connectivity index is 1.92. The van der Waals surface area contributed by atoms with Crippen LogP contribution in [0.15, 0.2) is 22.7 Å². The zero-order chi connectivity index (χ0) is 11.6. The van der Waals surface area contributed by atoms with Crippen LogP contribution < -0.4 is 10.6 Å². The zero-order valence-corrected chi connectivity index (χ0v) is 11.5. The maximum Gasteiger partial charge on any atom is 0.0343 e. The molecule has 16 heavy (non-hydrogen) atoms. The van der Waals surface area contributed by atoms with E-state index in [1.54, 1.807) is 0 Å². The van der Waals surface area contributed by atoms with Crippen molar-refractivity contribution in [3.63, 3.8) is 0 Å².